The summed E-state index contributed by atoms with van der Waals surface area (Å²) in [6.45, 7) is 2.73. The lowest BCUT2D eigenvalue weighted by Gasteiger charge is -2.14. The summed E-state index contributed by atoms with van der Waals surface area (Å²) in [6.07, 6.45) is 0.242. The molecule has 1 aliphatic rings. The van der Waals surface area contributed by atoms with Crippen LogP contribution in [0.2, 0.25) is 0 Å². The lowest BCUT2D eigenvalue weighted by Crippen LogP contribution is -2.33. The van der Waals surface area contributed by atoms with E-state index >= 15 is 0 Å². The molecule has 1 heterocycles. The maximum atomic E-state index is 12.9. The van der Waals surface area contributed by atoms with Gasteiger partial charge in [-0.1, -0.05) is 13.3 Å². The Bertz CT molecular complexity index is 191. The molecule has 5 heteroatoms. The van der Waals surface area contributed by atoms with Crippen molar-refractivity contribution in [1.29, 1.82) is 0 Å². The van der Waals surface area contributed by atoms with Gasteiger partial charge in [0.1, 0.15) is 6.17 Å². The molecule has 1 amide bonds. The summed E-state index contributed by atoms with van der Waals surface area (Å²) >= 11 is 0. The van der Waals surface area contributed by atoms with E-state index in [4.69, 9.17) is 10.5 Å². The van der Waals surface area contributed by atoms with Gasteiger partial charge in [0.2, 0.25) is 0 Å². The molecule has 1 saturated heterocycles. The third kappa shape index (κ3) is 2.83. The van der Waals surface area contributed by atoms with E-state index in [9.17, 15) is 9.18 Å². The van der Waals surface area contributed by atoms with Crippen molar-refractivity contribution in [1.82, 2.24) is 4.90 Å². The molecule has 0 saturated carbocycles. The number of hydrogen-bond acceptors (Lipinski definition) is 3. The number of nitrogens with zero attached hydrogens (tertiary/aromatic N) is 1. The number of likely N-dealkylation sites (tertiary alicyclic amines) is 1. The van der Waals surface area contributed by atoms with Crippen LogP contribution in [-0.4, -0.2) is 42.9 Å². The molecule has 0 aliphatic carbocycles. The van der Waals surface area contributed by atoms with Crippen molar-refractivity contribution in [3.05, 3.63) is 0 Å². The number of ether oxygens (including phenoxy) is 1. The molecule has 1 rings (SSSR count). The first-order valence-corrected chi connectivity index (χ1v) is 4.96. The minimum absolute atomic E-state index is 0.0616. The highest BCUT2D eigenvalue weighted by Gasteiger charge is 2.33. The molecule has 4 nitrogen and oxygen atoms in total. The molecule has 0 radical (unpaired) electrons. The lowest BCUT2D eigenvalue weighted by atomic mass is 10.3. The highest BCUT2D eigenvalue weighted by molar-refractivity contribution is 5.68. The Morgan fingerprint density at radius 3 is 2.86 bits per heavy atom. The second kappa shape index (κ2) is 5.14. The third-order valence-electron chi connectivity index (χ3n) is 2.27. The molecule has 2 N–H and O–H groups in total. The van der Waals surface area contributed by atoms with E-state index in [1.54, 1.807) is 0 Å². The van der Waals surface area contributed by atoms with Crippen LogP contribution < -0.4 is 5.73 Å². The summed E-state index contributed by atoms with van der Waals surface area (Å²) in [5, 5.41) is 0. The van der Waals surface area contributed by atoms with Gasteiger partial charge in [0, 0.05) is 6.54 Å². The van der Waals surface area contributed by atoms with Gasteiger partial charge in [0.25, 0.3) is 0 Å². The van der Waals surface area contributed by atoms with E-state index in [0.717, 1.165) is 12.8 Å². The second-order valence-corrected chi connectivity index (χ2v) is 3.55. The SMILES string of the molecule is CCCCOC(=O)N1C[C@@H](N)[C@@H](F)C1. The van der Waals surface area contributed by atoms with E-state index in [1.807, 2.05) is 6.92 Å². The minimum Gasteiger partial charge on any atom is -0.449 e. The van der Waals surface area contributed by atoms with Crippen molar-refractivity contribution in [2.24, 2.45) is 5.73 Å². The molecular formula is C9H17FN2O2. The van der Waals surface area contributed by atoms with Crippen molar-refractivity contribution in [3.8, 4) is 0 Å². The average molecular weight is 204 g/mol. The van der Waals surface area contributed by atoms with Gasteiger partial charge in [0.15, 0.2) is 0 Å². The second-order valence-electron chi connectivity index (χ2n) is 3.55. The molecule has 0 spiro atoms. The first kappa shape index (κ1) is 11.2. The maximum absolute atomic E-state index is 12.9. The van der Waals surface area contributed by atoms with Crippen molar-refractivity contribution >= 4 is 6.09 Å². The van der Waals surface area contributed by atoms with E-state index in [0.29, 0.717) is 6.61 Å². The molecule has 2 atom stereocenters. The number of alkyl halides is 1. The molecule has 1 aliphatic heterocycles. The number of carbonyl (C=O) groups excluding carboxylic acids is 1. The number of nitrogens with two attached hydrogens (primary N) is 1. The lowest BCUT2D eigenvalue weighted by molar-refractivity contribution is 0.107. The van der Waals surface area contributed by atoms with Crippen LogP contribution in [0, 0.1) is 0 Å². The molecule has 14 heavy (non-hydrogen) atoms. The van der Waals surface area contributed by atoms with Crippen LogP contribution in [0.4, 0.5) is 9.18 Å². The molecule has 0 aromatic rings. The highest BCUT2D eigenvalue weighted by Crippen LogP contribution is 2.12. The first-order chi connectivity index (χ1) is 6.65. The van der Waals surface area contributed by atoms with Crippen molar-refractivity contribution in [2.75, 3.05) is 19.7 Å². The summed E-state index contributed by atoms with van der Waals surface area (Å²) in [5.74, 6) is 0. The maximum Gasteiger partial charge on any atom is 0.409 e. The molecule has 0 aromatic carbocycles. The van der Waals surface area contributed by atoms with Gasteiger partial charge in [-0.2, -0.15) is 0 Å². The van der Waals surface area contributed by atoms with Crippen molar-refractivity contribution in [2.45, 2.75) is 32.0 Å². The van der Waals surface area contributed by atoms with Crippen LogP contribution in [-0.2, 0) is 4.74 Å². The van der Waals surface area contributed by atoms with Gasteiger partial charge in [-0.3, -0.25) is 0 Å². The van der Waals surface area contributed by atoms with Gasteiger partial charge in [-0.15, -0.1) is 0 Å². The Hall–Kier alpha value is -0.840. The fourth-order valence-electron chi connectivity index (χ4n) is 1.33. The van der Waals surface area contributed by atoms with Gasteiger partial charge in [-0.25, -0.2) is 9.18 Å². The molecular weight excluding hydrogens is 187 g/mol. The number of halogens is 1. The molecule has 0 unspecified atom stereocenters. The Balaban J connectivity index is 2.25. The fraction of sp³-hybridized carbons (Fsp3) is 0.889. The monoisotopic (exact) mass is 204 g/mol. The highest BCUT2D eigenvalue weighted by atomic mass is 19.1. The standard InChI is InChI=1S/C9H17FN2O2/c1-2-3-4-14-9(13)12-5-7(10)8(11)6-12/h7-8H,2-6,11H2,1H3/t7-,8+/m0/s1. The van der Waals surface area contributed by atoms with Crippen LogP contribution in [0.5, 0.6) is 0 Å². The Morgan fingerprint density at radius 2 is 2.36 bits per heavy atom. The van der Waals surface area contributed by atoms with Crippen LogP contribution >= 0.6 is 0 Å². The Labute approximate surface area is 83.2 Å². The van der Waals surface area contributed by atoms with Crippen LogP contribution in [0.1, 0.15) is 19.8 Å². The largest absolute Gasteiger partial charge is 0.449 e. The van der Waals surface area contributed by atoms with Gasteiger partial charge < -0.3 is 15.4 Å². The van der Waals surface area contributed by atoms with Gasteiger partial charge in [-0.05, 0) is 6.42 Å². The zero-order chi connectivity index (χ0) is 10.6. The smallest absolute Gasteiger partial charge is 0.409 e. The van der Waals surface area contributed by atoms with Crippen molar-refractivity contribution < 1.29 is 13.9 Å². The van der Waals surface area contributed by atoms with Crippen LogP contribution in [0.25, 0.3) is 0 Å². The number of rotatable bonds is 3. The van der Waals surface area contributed by atoms with E-state index in [2.05, 4.69) is 0 Å². The first-order valence-electron chi connectivity index (χ1n) is 4.96. The minimum atomic E-state index is -1.12. The van der Waals surface area contributed by atoms with E-state index < -0.39 is 18.3 Å². The van der Waals surface area contributed by atoms with Crippen LogP contribution in [0.3, 0.4) is 0 Å². The molecule has 1 fully saturated rings. The van der Waals surface area contributed by atoms with E-state index in [1.165, 1.54) is 4.90 Å². The Kier molecular flexibility index (Phi) is 4.13. The third-order valence-corrected chi connectivity index (χ3v) is 2.27. The van der Waals surface area contributed by atoms with Gasteiger partial charge in [0.05, 0.1) is 19.2 Å². The number of amides is 1. The summed E-state index contributed by atoms with van der Waals surface area (Å²) in [7, 11) is 0. The number of unbranched alkanes of at least 4 members (excludes halogenated alkanes) is 1. The average Bonchev–Trinajstić information content (AvgIpc) is 2.47. The van der Waals surface area contributed by atoms with Crippen molar-refractivity contribution in [3.63, 3.8) is 0 Å². The van der Waals surface area contributed by atoms with Crippen LogP contribution in [0.15, 0.2) is 0 Å². The number of hydrogen-bond donors (Lipinski definition) is 1. The predicted molar refractivity (Wildman–Crippen MR) is 50.7 cm³/mol. The summed E-state index contributed by atoms with van der Waals surface area (Å²) < 4.78 is 17.9. The summed E-state index contributed by atoms with van der Waals surface area (Å²) in [5.41, 5.74) is 5.44. The topological polar surface area (TPSA) is 55.6 Å². The summed E-state index contributed by atoms with van der Waals surface area (Å²) in [4.78, 5) is 12.6. The molecule has 0 aromatic heterocycles. The zero-order valence-electron chi connectivity index (χ0n) is 8.41. The molecule has 82 valence electrons. The predicted octanol–water partition coefficient (Wildman–Crippen LogP) is 0.904. The molecule has 0 bridgehead atoms. The quantitative estimate of drug-likeness (QED) is 0.695. The Morgan fingerprint density at radius 1 is 1.64 bits per heavy atom. The zero-order valence-corrected chi connectivity index (χ0v) is 8.41. The van der Waals surface area contributed by atoms with Gasteiger partial charge >= 0.3 is 6.09 Å². The van der Waals surface area contributed by atoms with E-state index in [-0.39, 0.29) is 13.1 Å². The summed E-state index contributed by atoms with van der Waals surface area (Å²) in [6, 6.07) is -0.561. The number of carbonyl (C=O) groups is 1. The normalized spacial score (nSPS) is 26.6. The fourth-order valence-corrected chi connectivity index (χ4v) is 1.33.